The Morgan fingerprint density at radius 1 is 1.06 bits per heavy atom. The second-order valence-corrected chi connectivity index (χ2v) is 3.67. The summed E-state index contributed by atoms with van der Waals surface area (Å²) in [4.78, 5) is -0.746. The second-order valence-electron chi connectivity index (χ2n) is 2.85. The fraction of sp³-hybridized carbons (Fsp3) is 0.222. The Kier molecular flexibility index (Phi) is 3.79. The molecule has 0 saturated heterocycles. The summed E-state index contributed by atoms with van der Waals surface area (Å²) in [6, 6.07) is 0. The van der Waals surface area contributed by atoms with Crippen LogP contribution in [0.5, 0.6) is 0 Å². The van der Waals surface area contributed by atoms with E-state index >= 15 is 0 Å². The zero-order chi connectivity index (χ0) is 12.5. The van der Waals surface area contributed by atoms with Gasteiger partial charge in [-0.05, 0) is 13.2 Å². The number of thioether (sulfide) groups is 1. The molecule has 0 unspecified atom stereocenters. The average Bonchev–Trinajstić information content (AvgIpc) is 2.27. The van der Waals surface area contributed by atoms with Crippen LogP contribution in [0.3, 0.4) is 0 Å². The molecule has 7 heteroatoms. The van der Waals surface area contributed by atoms with Crippen LogP contribution >= 0.6 is 11.8 Å². The maximum Gasteiger partial charge on any atom is 0.176 e. The molecule has 0 radical (unpaired) electrons. The molecule has 0 saturated carbocycles. The standard InChI is InChI=1S/C9H7F4NOS/c1-3(14-15)4-5(10)7(12)9(16-2)8(13)6(4)11/h15H,1-2H3/b14-3+. The summed E-state index contributed by atoms with van der Waals surface area (Å²) in [6.45, 7) is 1.03. The second kappa shape index (κ2) is 4.73. The van der Waals surface area contributed by atoms with Gasteiger partial charge >= 0.3 is 0 Å². The highest BCUT2D eigenvalue weighted by molar-refractivity contribution is 7.98. The van der Waals surface area contributed by atoms with Gasteiger partial charge in [0.1, 0.15) is 0 Å². The van der Waals surface area contributed by atoms with Gasteiger partial charge in [0.15, 0.2) is 23.3 Å². The van der Waals surface area contributed by atoms with Crippen LogP contribution in [0.15, 0.2) is 10.1 Å². The predicted octanol–water partition coefficient (Wildman–Crippen LogP) is 3.16. The van der Waals surface area contributed by atoms with Gasteiger partial charge in [-0.15, -0.1) is 11.8 Å². The largest absolute Gasteiger partial charge is 0.411 e. The number of halogens is 4. The quantitative estimate of drug-likeness (QED) is 0.219. The fourth-order valence-electron chi connectivity index (χ4n) is 1.16. The minimum atomic E-state index is -1.57. The van der Waals surface area contributed by atoms with Crippen LogP contribution in [0.1, 0.15) is 12.5 Å². The van der Waals surface area contributed by atoms with Gasteiger partial charge in [-0.3, -0.25) is 0 Å². The van der Waals surface area contributed by atoms with E-state index in [0.717, 1.165) is 6.92 Å². The summed E-state index contributed by atoms with van der Waals surface area (Å²) in [5.41, 5.74) is -1.55. The van der Waals surface area contributed by atoms with E-state index in [1.54, 1.807) is 0 Å². The van der Waals surface area contributed by atoms with Crippen LogP contribution in [-0.4, -0.2) is 17.2 Å². The first-order valence-corrected chi connectivity index (χ1v) is 5.27. The van der Waals surface area contributed by atoms with Gasteiger partial charge in [0.2, 0.25) is 0 Å². The van der Waals surface area contributed by atoms with Crippen LogP contribution in [0.4, 0.5) is 17.6 Å². The maximum atomic E-state index is 13.3. The third-order valence-corrected chi connectivity index (χ3v) is 2.71. The molecule has 0 fully saturated rings. The number of oxime groups is 1. The molecule has 1 aromatic rings. The van der Waals surface area contributed by atoms with Gasteiger partial charge < -0.3 is 5.21 Å². The zero-order valence-electron chi connectivity index (χ0n) is 8.31. The zero-order valence-corrected chi connectivity index (χ0v) is 9.13. The molecule has 2 nitrogen and oxygen atoms in total. The Morgan fingerprint density at radius 2 is 1.50 bits per heavy atom. The number of hydrogen-bond donors (Lipinski definition) is 1. The van der Waals surface area contributed by atoms with Crippen molar-refractivity contribution in [3.05, 3.63) is 28.8 Å². The first kappa shape index (κ1) is 12.8. The van der Waals surface area contributed by atoms with Crippen molar-refractivity contribution in [1.29, 1.82) is 0 Å². The van der Waals surface area contributed by atoms with E-state index in [2.05, 4.69) is 5.16 Å². The van der Waals surface area contributed by atoms with E-state index < -0.39 is 39.4 Å². The maximum absolute atomic E-state index is 13.3. The molecular formula is C9H7F4NOS. The molecule has 0 aliphatic heterocycles. The third kappa shape index (κ3) is 1.87. The van der Waals surface area contributed by atoms with Crippen molar-refractivity contribution in [2.75, 3.05) is 6.26 Å². The molecule has 0 aromatic heterocycles. The number of hydrogen-bond acceptors (Lipinski definition) is 3. The van der Waals surface area contributed by atoms with Crippen LogP contribution in [-0.2, 0) is 0 Å². The first-order valence-electron chi connectivity index (χ1n) is 4.04. The highest BCUT2D eigenvalue weighted by atomic mass is 32.2. The van der Waals surface area contributed by atoms with Crippen LogP contribution in [0.25, 0.3) is 0 Å². The van der Waals surface area contributed by atoms with Crippen molar-refractivity contribution in [3.63, 3.8) is 0 Å². The summed E-state index contributed by atoms with van der Waals surface area (Å²) >= 11 is 0.546. The lowest BCUT2D eigenvalue weighted by molar-refractivity contribution is 0.318. The van der Waals surface area contributed by atoms with Gasteiger partial charge in [-0.2, -0.15) is 0 Å². The Balaban J connectivity index is 3.67. The molecule has 1 rings (SSSR count). The lowest BCUT2D eigenvalue weighted by Gasteiger charge is -2.09. The van der Waals surface area contributed by atoms with Crippen molar-refractivity contribution < 1.29 is 22.8 Å². The number of rotatable bonds is 2. The molecule has 0 spiro atoms. The molecular weight excluding hydrogens is 246 g/mol. The molecule has 0 atom stereocenters. The average molecular weight is 253 g/mol. The smallest absolute Gasteiger partial charge is 0.176 e. The molecule has 16 heavy (non-hydrogen) atoms. The summed E-state index contributed by atoms with van der Waals surface area (Å²) < 4.78 is 53.2. The molecule has 0 bridgehead atoms. The van der Waals surface area contributed by atoms with Gasteiger partial charge in [-0.1, -0.05) is 5.16 Å². The molecule has 0 aliphatic carbocycles. The molecule has 1 N–H and O–H groups in total. The van der Waals surface area contributed by atoms with E-state index in [9.17, 15) is 17.6 Å². The van der Waals surface area contributed by atoms with Gasteiger partial charge in [0, 0.05) is 0 Å². The Bertz CT molecular complexity index is 432. The number of nitrogens with zero attached hydrogens (tertiary/aromatic N) is 1. The summed E-state index contributed by atoms with van der Waals surface area (Å²) in [5, 5.41) is 10.9. The molecule has 0 heterocycles. The van der Waals surface area contributed by atoms with E-state index in [0.29, 0.717) is 11.8 Å². The number of benzene rings is 1. The monoisotopic (exact) mass is 253 g/mol. The summed E-state index contributed by atoms with van der Waals surface area (Å²) in [5.74, 6) is -6.13. The minimum Gasteiger partial charge on any atom is -0.411 e. The molecule has 1 aromatic carbocycles. The minimum absolute atomic E-state index is 0.541. The van der Waals surface area contributed by atoms with Crippen LogP contribution in [0, 0.1) is 23.3 Å². The van der Waals surface area contributed by atoms with E-state index in [4.69, 9.17) is 5.21 Å². The van der Waals surface area contributed by atoms with Crippen molar-refractivity contribution in [3.8, 4) is 0 Å². The Labute approximate surface area is 93.0 Å². The molecule has 0 amide bonds. The van der Waals surface area contributed by atoms with Gasteiger partial charge in [0.05, 0.1) is 16.2 Å². The Hall–Kier alpha value is -1.24. The predicted molar refractivity (Wildman–Crippen MR) is 52.1 cm³/mol. The van der Waals surface area contributed by atoms with Crippen molar-refractivity contribution >= 4 is 17.5 Å². The fourth-order valence-corrected chi connectivity index (χ4v) is 1.70. The SMILES string of the molecule is CSc1c(F)c(F)c(/C(C)=N/O)c(F)c1F. The Morgan fingerprint density at radius 3 is 1.81 bits per heavy atom. The normalized spacial score (nSPS) is 12.0. The van der Waals surface area contributed by atoms with E-state index in [1.165, 1.54) is 6.26 Å². The van der Waals surface area contributed by atoms with Crippen molar-refractivity contribution in [2.45, 2.75) is 11.8 Å². The molecule has 88 valence electrons. The summed E-state index contributed by atoms with van der Waals surface area (Å²) in [6.07, 6.45) is 1.28. The lowest BCUT2D eigenvalue weighted by Crippen LogP contribution is -2.10. The highest BCUT2D eigenvalue weighted by Crippen LogP contribution is 2.30. The van der Waals surface area contributed by atoms with E-state index in [-0.39, 0.29) is 0 Å². The summed E-state index contributed by atoms with van der Waals surface area (Å²) in [7, 11) is 0. The van der Waals surface area contributed by atoms with Crippen LogP contribution in [0.2, 0.25) is 0 Å². The van der Waals surface area contributed by atoms with E-state index in [1.807, 2.05) is 0 Å². The first-order chi connectivity index (χ1) is 7.45. The van der Waals surface area contributed by atoms with Crippen molar-refractivity contribution in [1.82, 2.24) is 0 Å². The van der Waals surface area contributed by atoms with Gasteiger partial charge in [0.25, 0.3) is 0 Å². The van der Waals surface area contributed by atoms with Gasteiger partial charge in [-0.25, -0.2) is 17.6 Å². The van der Waals surface area contributed by atoms with Crippen LogP contribution < -0.4 is 0 Å². The lowest BCUT2D eigenvalue weighted by atomic mass is 10.1. The molecule has 0 aliphatic rings. The topological polar surface area (TPSA) is 32.6 Å². The highest BCUT2D eigenvalue weighted by Gasteiger charge is 2.26. The van der Waals surface area contributed by atoms with Crippen molar-refractivity contribution in [2.24, 2.45) is 5.16 Å². The third-order valence-electron chi connectivity index (χ3n) is 1.94.